The van der Waals surface area contributed by atoms with Crippen LogP contribution in [0.5, 0.6) is 5.75 Å². The molecule has 0 aromatic heterocycles. The van der Waals surface area contributed by atoms with E-state index >= 15 is 0 Å². The number of hydrogen-bond donors (Lipinski definition) is 0. The van der Waals surface area contributed by atoms with Gasteiger partial charge in [0.25, 0.3) is 5.91 Å². The zero-order chi connectivity index (χ0) is 19.5. The van der Waals surface area contributed by atoms with Crippen LogP contribution in [0.4, 0.5) is 0 Å². The molecule has 0 aliphatic heterocycles. The molecule has 0 saturated carbocycles. The molecule has 2 aromatic carbocycles. The maximum Gasteiger partial charge on any atom is 0.270 e. The predicted octanol–water partition coefficient (Wildman–Crippen LogP) is 5.14. The lowest BCUT2D eigenvalue weighted by Crippen LogP contribution is -2.13. The molecular formula is C24H26NO2. The number of fused-ring (bicyclic) bond motifs is 3. The molecule has 0 heterocycles. The summed E-state index contributed by atoms with van der Waals surface area (Å²) in [6, 6.07) is 6.40. The SMILES string of the molecule is COc1c2cc(C([NH])=O)c(-c3cc(C(C)(C)C)cc4c3CC(C)=C4)c1CC2. The lowest BCUT2D eigenvalue weighted by molar-refractivity contribution is 0.0992. The topological polar surface area (TPSA) is 50.1 Å². The van der Waals surface area contributed by atoms with Crippen LogP contribution in [0.25, 0.3) is 17.2 Å². The minimum absolute atomic E-state index is 0.00359. The molecule has 0 atom stereocenters. The number of ether oxygens (including phenoxy) is 1. The van der Waals surface area contributed by atoms with E-state index in [9.17, 15) is 4.79 Å². The summed E-state index contributed by atoms with van der Waals surface area (Å²) in [5, 5.41) is 0. The Morgan fingerprint density at radius 3 is 2.48 bits per heavy atom. The minimum atomic E-state index is -0.616. The van der Waals surface area contributed by atoms with Crippen molar-refractivity contribution < 1.29 is 9.53 Å². The molecule has 0 fully saturated rings. The number of rotatable bonds is 3. The highest BCUT2D eigenvalue weighted by molar-refractivity contribution is 6.02. The molecule has 1 N–H and O–H groups in total. The fourth-order valence-electron chi connectivity index (χ4n) is 4.48. The molecule has 2 bridgehead atoms. The Bertz CT molecular complexity index is 1010. The Morgan fingerprint density at radius 1 is 1.11 bits per heavy atom. The van der Waals surface area contributed by atoms with Crippen LogP contribution in [0, 0.1) is 0 Å². The monoisotopic (exact) mass is 360 g/mol. The van der Waals surface area contributed by atoms with Crippen LogP contribution >= 0.6 is 0 Å². The quantitative estimate of drug-likeness (QED) is 0.761. The first kappa shape index (κ1) is 17.8. The third kappa shape index (κ3) is 2.77. The molecule has 2 aromatic rings. The van der Waals surface area contributed by atoms with E-state index in [-0.39, 0.29) is 5.41 Å². The second kappa shape index (κ2) is 5.98. The molecule has 1 amide bonds. The maximum atomic E-state index is 12.2. The maximum absolute atomic E-state index is 12.2. The summed E-state index contributed by atoms with van der Waals surface area (Å²) in [5.74, 6) is 0.280. The smallest absolute Gasteiger partial charge is 0.270 e. The second-order valence-corrected chi connectivity index (χ2v) is 8.81. The van der Waals surface area contributed by atoms with Crippen LogP contribution in [-0.4, -0.2) is 13.0 Å². The summed E-state index contributed by atoms with van der Waals surface area (Å²) in [5.41, 5.74) is 17.6. The summed E-state index contributed by atoms with van der Waals surface area (Å²) >= 11 is 0. The first-order chi connectivity index (χ1) is 12.7. The summed E-state index contributed by atoms with van der Waals surface area (Å²) in [7, 11) is 1.70. The zero-order valence-electron chi connectivity index (χ0n) is 16.7. The van der Waals surface area contributed by atoms with E-state index in [0.29, 0.717) is 5.56 Å². The highest BCUT2D eigenvalue weighted by Crippen LogP contribution is 2.46. The normalized spacial score (nSPS) is 14.9. The van der Waals surface area contributed by atoms with E-state index < -0.39 is 5.91 Å². The number of methoxy groups -OCH3 is 1. The van der Waals surface area contributed by atoms with Crippen molar-refractivity contribution >= 4 is 12.0 Å². The van der Waals surface area contributed by atoms with Crippen LogP contribution in [0.2, 0.25) is 0 Å². The standard InChI is InChI=1S/C24H26NO2/c1-13-8-15-10-16(24(2,3)4)12-19(18(15)9-13)21-17-7-6-14(22(17)27-5)11-20(21)23(25)26/h8,10-12,25H,6-7,9H2,1-5H3. The number of aryl methyl sites for hydroxylation is 1. The molecular weight excluding hydrogens is 334 g/mol. The third-order valence-corrected chi connectivity index (χ3v) is 5.83. The fraction of sp³-hybridized carbons (Fsp3) is 0.375. The van der Waals surface area contributed by atoms with Gasteiger partial charge < -0.3 is 4.74 Å². The number of nitrogens with one attached hydrogen (secondary N) is 1. The highest BCUT2D eigenvalue weighted by Gasteiger charge is 2.30. The van der Waals surface area contributed by atoms with Crippen LogP contribution in [-0.2, 0) is 24.7 Å². The summed E-state index contributed by atoms with van der Waals surface area (Å²) in [6.45, 7) is 8.79. The Balaban J connectivity index is 2.07. The first-order valence-corrected chi connectivity index (χ1v) is 9.54. The molecule has 139 valence electrons. The molecule has 27 heavy (non-hydrogen) atoms. The Labute approximate surface area is 161 Å². The van der Waals surface area contributed by atoms with Gasteiger partial charge in [0.1, 0.15) is 5.75 Å². The third-order valence-electron chi connectivity index (χ3n) is 5.83. The van der Waals surface area contributed by atoms with Gasteiger partial charge in [0.15, 0.2) is 0 Å². The number of benzene rings is 2. The van der Waals surface area contributed by atoms with Crippen molar-refractivity contribution in [2.45, 2.75) is 52.4 Å². The van der Waals surface area contributed by atoms with Crippen LogP contribution in [0.3, 0.4) is 0 Å². The van der Waals surface area contributed by atoms with Gasteiger partial charge in [0, 0.05) is 16.7 Å². The lowest BCUT2D eigenvalue weighted by atomic mass is 9.81. The zero-order valence-corrected chi connectivity index (χ0v) is 16.7. The van der Waals surface area contributed by atoms with Crippen molar-refractivity contribution in [1.29, 1.82) is 0 Å². The van der Waals surface area contributed by atoms with E-state index in [1.54, 1.807) is 7.11 Å². The van der Waals surface area contributed by atoms with Gasteiger partial charge in [-0.3, -0.25) is 10.5 Å². The van der Waals surface area contributed by atoms with E-state index in [0.717, 1.165) is 47.3 Å². The summed E-state index contributed by atoms with van der Waals surface area (Å²) in [6.07, 6.45) is 4.88. The molecule has 2 aliphatic rings. The number of allylic oxidation sites excluding steroid dienone is 1. The summed E-state index contributed by atoms with van der Waals surface area (Å²) < 4.78 is 5.69. The molecule has 2 aliphatic carbocycles. The van der Waals surface area contributed by atoms with Gasteiger partial charge >= 0.3 is 0 Å². The van der Waals surface area contributed by atoms with E-state index in [1.807, 2.05) is 6.07 Å². The molecule has 3 heteroatoms. The molecule has 0 spiro atoms. The van der Waals surface area contributed by atoms with Crippen molar-refractivity contribution in [3.8, 4) is 16.9 Å². The van der Waals surface area contributed by atoms with E-state index in [4.69, 9.17) is 10.5 Å². The summed E-state index contributed by atoms with van der Waals surface area (Å²) in [4.78, 5) is 12.2. The molecule has 4 rings (SSSR count). The largest absolute Gasteiger partial charge is 0.496 e. The fourth-order valence-corrected chi connectivity index (χ4v) is 4.48. The first-order valence-electron chi connectivity index (χ1n) is 9.54. The molecule has 1 radical (unpaired) electrons. The average Bonchev–Trinajstić information content (AvgIpc) is 3.10. The van der Waals surface area contributed by atoms with Gasteiger partial charge in [-0.2, -0.15) is 0 Å². The molecule has 3 nitrogen and oxygen atoms in total. The van der Waals surface area contributed by atoms with Gasteiger partial charge in [0.2, 0.25) is 0 Å². The van der Waals surface area contributed by atoms with E-state index in [1.165, 1.54) is 22.3 Å². The van der Waals surface area contributed by atoms with Crippen molar-refractivity contribution in [2.75, 3.05) is 7.11 Å². The van der Waals surface area contributed by atoms with Crippen molar-refractivity contribution in [1.82, 2.24) is 5.73 Å². The second-order valence-electron chi connectivity index (χ2n) is 8.81. The van der Waals surface area contributed by atoms with Crippen LogP contribution < -0.4 is 10.5 Å². The Kier molecular flexibility index (Phi) is 3.95. The van der Waals surface area contributed by atoms with Crippen molar-refractivity contribution in [2.24, 2.45) is 0 Å². The molecule has 0 unspecified atom stereocenters. The number of hydrogen-bond acceptors (Lipinski definition) is 2. The number of carbonyl (C=O) groups is 1. The minimum Gasteiger partial charge on any atom is -0.496 e. The number of carbonyl (C=O) groups excluding carboxylic acids is 1. The Hall–Kier alpha value is -2.55. The van der Waals surface area contributed by atoms with Crippen molar-refractivity contribution in [3.05, 3.63) is 57.2 Å². The van der Waals surface area contributed by atoms with E-state index in [2.05, 4.69) is 45.9 Å². The average molecular weight is 360 g/mol. The van der Waals surface area contributed by atoms with Crippen LogP contribution in [0.15, 0.2) is 23.8 Å². The Morgan fingerprint density at radius 2 is 1.85 bits per heavy atom. The lowest BCUT2D eigenvalue weighted by Gasteiger charge is -2.24. The highest BCUT2D eigenvalue weighted by atomic mass is 16.5. The van der Waals surface area contributed by atoms with Gasteiger partial charge in [0.05, 0.1) is 7.11 Å². The predicted molar refractivity (Wildman–Crippen MR) is 109 cm³/mol. The number of amides is 1. The van der Waals surface area contributed by atoms with Gasteiger partial charge in [-0.15, -0.1) is 0 Å². The van der Waals surface area contributed by atoms with Gasteiger partial charge in [-0.1, -0.05) is 44.6 Å². The molecule has 0 saturated heterocycles. The van der Waals surface area contributed by atoms with Crippen molar-refractivity contribution in [3.63, 3.8) is 0 Å². The van der Waals surface area contributed by atoms with Gasteiger partial charge in [-0.25, -0.2) is 0 Å². The van der Waals surface area contributed by atoms with Gasteiger partial charge in [-0.05, 0) is 65.5 Å². The van der Waals surface area contributed by atoms with Crippen LogP contribution in [0.1, 0.15) is 65.9 Å².